The maximum absolute atomic E-state index is 14.1. The van der Waals surface area contributed by atoms with E-state index in [0.717, 1.165) is 57.8 Å². The van der Waals surface area contributed by atoms with Gasteiger partial charge in [-0.2, -0.15) is 0 Å². The molecule has 4 amide bonds. The van der Waals surface area contributed by atoms with E-state index in [1.807, 2.05) is 0 Å². The number of allylic oxidation sites excluding steroid dienone is 2. The third-order valence-corrected chi connectivity index (χ3v) is 11.6. The summed E-state index contributed by atoms with van der Waals surface area (Å²) in [4.78, 5) is 54.4. The molecular formula is C49H92N4O9. The van der Waals surface area contributed by atoms with Crippen LogP contribution < -0.4 is 16.0 Å². The molecule has 0 radical (unpaired) electrons. The zero-order valence-electron chi connectivity index (χ0n) is 40.2. The normalized spacial score (nSPS) is 20.1. The van der Waals surface area contributed by atoms with Gasteiger partial charge in [-0.25, -0.2) is 4.79 Å². The van der Waals surface area contributed by atoms with Crippen LogP contribution in [-0.2, 0) is 23.9 Å². The molecule has 1 rings (SSSR count). The van der Waals surface area contributed by atoms with Crippen molar-refractivity contribution >= 4 is 23.8 Å². The number of ether oxygens (including phenoxy) is 2. The molecule has 1 heterocycles. The summed E-state index contributed by atoms with van der Waals surface area (Å²) in [5, 5.41) is 40.1. The molecule has 1 saturated heterocycles. The minimum absolute atomic E-state index is 0.182. The number of rotatable bonds is 35. The predicted molar refractivity (Wildman–Crippen MR) is 248 cm³/mol. The predicted octanol–water partition coefficient (Wildman–Crippen LogP) is 8.90. The van der Waals surface area contributed by atoms with Crippen LogP contribution in [0.5, 0.6) is 0 Å². The Labute approximate surface area is 376 Å². The SMILES string of the molecule is CCCCCCCCC=CCCCCCCCC(=O)N(CCCCCCCCCCCCCC)[C@@H]1O[C@H](CO)[C@@H](O)[C@H](O)[C@H]1NC(=O)[C@H](C)NC(=O)[C@H](C)NC(=O)OC(C)(C)C. The molecule has 6 N–H and O–H groups in total. The quantitative estimate of drug-likeness (QED) is 0.0267. The van der Waals surface area contributed by atoms with Gasteiger partial charge in [-0.15, -0.1) is 0 Å². The van der Waals surface area contributed by atoms with E-state index < -0.39 is 72.8 Å². The fraction of sp³-hybridized carbons (Fsp3) is 0.878. The van der Waals surface area contributed by atoms with E-state index in [9.17, 15) is 34.5 Å². The molecule has 0 spiro atoms. The van der Waals surface area contributed by atoms with Crippen LogP contribution in [0.1, 0.15) is 215 Å². The number of carbonyl (C=O) groups excluding carboxylic acids is 4. The van der Waals surface area contributed by atoms with Crippen molar-refractivity contribution in [3.8, 4) is 0 Å². The number of alkyl carbamates (subject to hydrolysis) is 1. The highest BCUT2D eigenvalue weighted by Gasteiger charge is 2.48. The Morgan fingerprint density at radius 1 is 0.645 bits per heavy atom. The van der Waals surface area contributed by atoms with Gasteiger partial charge in [0.2, 0.25) is 17.7 Å². The number of hydrogen-bond donors (Lipinski definition) is 6. The number of carbonyl (C=O) groups is 4. The Hall–Kier alpha value is -2.74. The third-order valence-electron chi connectivity index (χ3n) is 11.6. The van der Waals surface area contributed by atoms with Gasteiger partial charge in [0.25, 0.3) is 0 Å². The number of aliphatic hydroxyl groups is 3. The van der Waals surface area contributed by atoms with E-state index >= 15 is 0 Å². The molecule has 0 aliphatic carbocycles. The summed E-state index contributed by atoms with van der Waals surface area (Å²) in [6.45, 7) is 12.2. The van der Waals surface area contributed by atoms with Crippen molar-refractivity contribution in [2.45, 2.75) is 264 Å². The summed E-state index contributed by atoms with van der Waals surface area (Å²) in [6.07, 6.45) is 27.3. The fourth-order valence-corrected chi connectivity index (χ4v) is 7.77. The van der Waals surface area contributed by atoms with Crippen LogP contribution in [0.15, 0.2) is 12.2 Å². The molecule has 1 fully saturated rings. The lowest BCUT2D eigenvalue weighted by molar-refractivity contribution is -0.231. The summed E-state index contributed by atoms with van der Waals surface area (Å²) < 4.78 is 11.4. The number of unbranched alkanes of at least 4 members (excludes halogenated alkanes) is 22. The van der Waals surface area contributed by atoms with Crippen molar-refractivity contribution in [2.24, 2.45) is 0 Å². The van der Waals surface area contributed by atoms with Crippen molar-refractivity contribution in [3.05, 3.63) is 12.2 Å². The molecule has 13 heteroatoms. The van der Waals surface area contributed by atoms with Crippen LogP contribution in [0.4, 0.5) is 4.79 Å². The highest BCUT2D eigenvalue weighted by atomic mass is 16.6. The number of nitrogens with zero attached hydrogens (tertiary/aromatic N) is 1. The molecular weight excluding hydrogens is 789 g/mol. The first-order chi connectivity index (χ1) is 29.7. The number of aliphatic hydroxyl groups excluding tert-OH is 3. The van der Waals surface area contributed by atoms with Crippen molar-refractivity contribution in [1.82, 2.24) is 20.9 Å². The van der Waals surface area contributed by atoms with Crippen LogP contribution in [0.3, 0.4) is 0 Å². The maximum Gasteiger partial charge on any atom is 0.408 e. The molecule has 0 unspecified atom stereocenters. The van der Waals surface area contributed by atoms with E-state index in [1.165, 1.54) is 104 Å². The van der Waals surface area contributed by atoms with Gasteiger partial charge in [-0.05, 0) is 73.1 Å². The molecule has 62 heavy (non-hydrogen) atoms. The van der Waals surface area contributed by atoms with Gasteiger partial charge in [-0.3, -0.25) is 14.4 Å². The lowest BCUT2D eigenvalue weighted by Crippen LogP contribution is -2.70. The molecule has 362 valence electrons. The second-order valence-electron chi connectivity index (χ2n) is 18.7. The second-order valence-corrected chi connectivity index (χ2v) is 18.7. The van der Waals surface area contributed by atoms with Gasteiger partial charge in [0.1, 0.15) is 42.0 Å². The highest BCUT2D eigenvalue weighted by Crippen LogP contribution is 2.26. The standard InChI is InChI=1S/C49H92N4O9/c1-8-10-12-14-16-18-20-22-23-24-25-27-29-31-33-35-41(55)53(36-34-32-30-28-26-21-19-17-15-13-11-9-2)47-42(44(57)43(56)40(37-54)61-47)52-46(59)38(3)50-45(58)39(4)51-48(60)62-49(5,6)7/h22-23,38-40,42-44,47,54,56-57H,8-21,24-37H2,1-7H3,(H,50,58)(H,51,60)(H,52,59)/t38-,39-,40+,42+,43+,44+,47+/m0/s1. The number of nitrogens with one attached hydrogen (secondary N) is 3. The Bertz CT molecular complexity index is 1230. The third kappa shape index (κ3) is 26.1. The van der Waals surface area contributed by atoms with Crippen LogP contribution in [0, 0.1) is 0 Å². The first-order valence-electron chi connectivity index (χ1n) is 24.8. The Morgan fingerprint density at radius 2 is 1.10 bits per heavy atom. The summed E-state index contributed by atoms with van der Waals surface area (Å²) in [7, 11) is 0. The molecule has 7 atom stereocenters. The molecule has 0 aromatic rings. The van der Waals surface area contributed by atoms with Crippen molar-refractivity contribution in [3.63, 3.8) is 0 Å². The van der Waals surface area contributed by atoms with Gasteiger partial charge in [0.15, 0.2) is 6.23 Å². The average molecular weight is 881 g/mol. The van der Waals surface area contributed by atoms with E-state index in [2.05, 4.69) is 41.9 Å². The molecule has 13 nitrogen and oxygen atoms in total. The first-order valence-corrected chi connectivity index (χ1v) is 24.8. The topological polar surface area (TPSA) is 187 Å². The first kappa shape index (κ1) is 57.3. The van der Waals surface area contributed by atoms with E-state index in [4.69, 9.17) is 9.47 Å². The second kappa shape index (κ2) is 34.6. The summed E-state index contributed by atoms with van der Waals surface area (Å²) in [5.41, 5.74) is -0.765. The molecule has 0 bridgehead atoms. The zero-order valence-corrected chi connectivity index (χ0v) is 40.2. The summed E-state index contributed by atoms with van der Waals surface area (Å²) in [6, 6.07) is -3.40. The largest absolute Gasteiger partial charge is 0.444 e. The molecule has 0 aromatic heterocycles. The van der Waals surface area contributed by atoms with E-state index in [-0.39, 0.29) is 12.3 Å². The minimum atomic E-state index is -1.58. The monoisotopic (exact) mass is 881 g/mol. The van der Waals surface area contributed by atoms with Crippen LogP contribution in [0.2, 0.25) is 0 Å². The highest BCUT2D eigenvalue weighted by molar-refractivity contribution is 5.91. The van der Waals surface area contributed by atoms with Gasteiger partial charge in [0.05, 0.1) is 6.61 Å². The van der Waals surface area contributed by atoms with Crippen LogP contribution in [-0.4, -0.2) is 105 Å². The molecule has 0 saturated carbocycles. The molecule has 1 aliphatic rings. The Kier molecular flexibility index (Phi) is 32.0. The molecule has 1 aliphatic heterocycles. The summed E-state index contributed by atoms with van der Waals surface area (Å²) in [5.74, 6) is -1.51. The molecule has 0 aromatic carbocycles. The lowest BCUT2D eigenvalue weighted by Gasteiger charge is -2.47. The smallest absolute Gasteiger partial charge is 0.408 e. The van der Waals surface area contributed by atoms with Gasteiger partial charge in [-0.1, -0.05) is 148 Å². The van der Waals surface area contributed by atoms with Gasteiger partial charge < -0.3 is 45.6 Å². The zero-order chi connectivity index (χ0) is 46.2. The number of hydrogen-bond acceptors (Lipinski definition) is 9. The Balaban J connectivity index is 2.92. The minimum Gasteiger partial charge on any atom is -0.444 e. The van der Waals surface area contributed by atoms with Crippen molar-refractivity contribution < 1.29 is 44.0 Å². The van der Waals surface area contributed by atoms with Crippen molar-refractivity contribution in [1.29, 1.82) is 0 Å². The average Bonchev–Trinajstić information content (AvgIpc) is 3.22. The van der Waals surface area contributed by atoms with E-state index in [0.29, 0.717) is 19.4 Å². The Morgan fingerprint density at radius 3 is 1.58 bits per heavy atom. The number of amides is 4. The van der Waals surface area contributed by atoms with Crippen LogP contribution in [0.25, 0.3) is 0 Å². The van der Waals surface area contributed by atoms with Crippen molar-refractivity contribution in [2.75, 3.05) is 13.2 Å². The lowest BCUT2D eigenvalue weighted by atomic mass is 9.94. The van der Waals surface area contributed by atoms with Gasteiger partial charge >= 0.3 is 6.09 Å². The van der Waals surface area contributed by atoms with Gasteiger partial charge in [0, 0.05) is 13.0 Å². The van der Waals surface area contributed by atoms with E-state index in [1.54, 1.807) is 25.7 Å². The maximum atomic E-state index is 14.1. The summed E-state index contributed by atoms with van der Waals surface area (Å²) >= 11 is 0. The van der Waals surface area contributed by atoms with Crippen LogP contribution >= 0.6 is 0 Å². The fourth-order valence-electron chi connectivity index (χ4n) is 7.77.